The van der Waals surface area contributed by atoms with Gasteiger partial charge in [-0.2, -0.15) is 5.10 Å². The predicted molar refractivity (Wildman–Crippen MR) is 75.9 cm³/mol. The lowest BCUT2D eigenvalue weighted by atomic mass is 10.2. The van der Waals surface area contributed by atoms with Crippen molar-refractivity contribution in [1.29, 1.82) is 0 Å². The van der Waals surface area contributed by atoms with E-state index in [1.165, 1.54) is 4.68 Å². The number of ether oxygens (including phenoxy) is 1. The Hall–Kier alpha value is -2.64. The molecule has 8 nitrogen and oxygen atoms in total. The number of nitrogens with zero attached hydrogens (tertiary/aromatic N) is 4. The number of fused-ring (bicyclic) bond motifs is 1. The van der Waals surface area contributed by atoms with Crippen LogP contribution < -0.4 is 5.73 Å². The van der Waals surface area contributed by atoms with Crippen LogP contribution in [0.2, 0.25) is 0 Å². The summed E-state index contributed by atoms with van der Waals surface area (Å²) in [7, 11) is 0. The lowest BCUT2D eigenvalue weighted by Crippen LogP contribution is -2.18. The van der Waals surface area contributed by atoms with E-state index in [0.29, 0.717) is 17.6 Å². The topological polar surface area (TPSA) is 116 Å². The number of hydrogen-bond acceptors (Lipinski definition) is 6. The first kappa shape index (κ1) is 14.8. The quantitative estimate of drug-likeness (QED) is 0.204. The normalized spacial score (nSPS) is 11.8. The van der Waals surface area contributed by atoms with E-state index in [0.717, 1.165) is 12.8 Å². The third-order valence-electron chi connectivity index (χ3n) is 2.90. The summed E-state index contributed by atoms with van der Waals surface area (Å²) in [6.07, 6.45) is 3.35. The van der Waals surface area contributed by atoms with Gasteiger partial charge in [-0.25, -0.2) is 9.67 Å². The molecule has 0 saturated heterocycles. The van der Waals surface area contributed by atoms with Gasteiger partial charge in [-0.3, -0.25) is 4.79 Å². The van der Waals surface area contributed by atoms with Crippen LogP contribution in [0.15, 0.2) is 23.5 Å². The number of carbonyl (C=O) groups is 1. The lowest BCUT2D eigenvalue weighted by molar-refractivity contribution is -0.144. The van der Waals surface area contributed by atoms with E-state index in [1.54, 1.807) is 18.3 Å². The molecule has 0 unspecified atom stereocenters. The van der Waals surface area contributed by atoms with Crippen LogP contribution in [0.1, 0.15) is 25.5 Å². The molecule has 0 aromatic carbocycles. The number of nitrogens with two attached hydrogens (primary N) is 1. The van der Waals surface area contributed by atoms with Crippen LogP contribution in [0.5, 0.6) is 0 Å². The van der Waals surface area contributed by atoms with Crippen LogP contribution in [-0.2, 0) is 16.1 Å². The summed E-state index contributed by atoms with van der Waals surface area (Å²) >= 11 is 0. The molecule has 0 amide bonds. The van der Waals surface area contributed by atoms with E-state index in [-0.39, 0.29) is 18.1 Å². The predicted octanol–water partition coefficient (Wildman–Crippen LogP) is 0.869. The van der Waals surface area contributed by atoms with Crippen molar-refractivity contribution in [3.05, 3.63) is 24.0 Å². The smallest absolute Gasteiger partial charge is 0.327 e. The average molecular weight is 291 g/mol. The van der Waals surface area contributed by atoms with E-state index in [4.69, 9.17) is 15.7 Å². The SMILES string of the molecule is CCCCOC(=O)Cn1nc(/C(N)=N/O)c2cccnc21. The van der Waals surface area contributed by atoms with Gasteiger partial charge < -0.3 is 15.7 Å². The number of rotatable bonds is 6. The first-order chi connectivity index (χ1) is 10.2. The maximum absolute atomic E-state index is 11.8. The van der Waals surface area contributed by atoms with Crippen molar-refractivity contribution < 1.29 is 14.7 Å². The molecule has 0 aliphatic heterocycles. The first-order valence-electron chi connectivity index (χ1n) is 6.62. The van der Waals surface area contributed by atoms with Gasteiger partial charge in [0.1, 0.15) is 12.2 Å². The Morgan fingerprint density at radius 3 is 3.10 bits per heavy atom. The summed E-state index contributed by atoms with van der Waals surface area (Å²) in [6, 6.07) is 3.45. The molecule has 0 aliphatic carbocycles. The zero-order valence-electron chi connectivity index (χ0n) is 11.7. The second kappa shape index (κ2) is 6.69. The molecular weight excluding hydrogens is 274 g/mol. The average Bonchev–Trinajstić information content (AvgIpc) is 2.86. The monoisotopic (exact) mass is 291 g/mol. The van der Waals surface area contributed by atoms with Gasteiger partial charge >= 0.3 is 5.97 Å². The van der Waals surface area contributed by atoms with Gasteiger partial charge in [0.05, 0.1) is 12.0 Å². The molecule has 0 spiro atoms. The van der Waals surface area contributed by atoms with Crippen molar-refractivity contribution in [3.8, 4) is 0 Å². The minimum Gasteiger partial charge on any atom is -0.464 e. The highest BCUT2D eigenvalue weighted by Gasteiger charge is 2.16. The fraction of sp³-hybridized carbons (Fsp3) is 0.385. The first-order valence-corrected chi connectivity index (χ1v) is 6.62. The summed E-state index contributed by atoms with van der Waals surface area (Å²) in [4.78, 5) is 15.9. The molecule has 0 aliphatic rings. The van der Waals surface area contributed by atoms with Crippen LogP contribution in [0.4, 0.5) is 0 Å². The van der Waals surface area contributed by atoms with E-state index >= 15 is 0 Å². The molecule has 3 N–H and O–H groups in total. The van der Waals surface area contributed by atoms with Crippen molar-refractivity contribution in [1.82, 2.24) is 14.8 Å². The lowest BCUT2D eigenvalue weighted by Gasteiger charge is -2.04. The second-order valence-corrected chi connectivity index (χ2v) is 4.44. The van der Waals surface area contributed by atoms with Gasteiger partial charge in [-0.15, -0.1) is 0 Å². The highest BCUT2D eigenvalue weighted by atomic mass is 16.5. The molecule has 112 valence electrons. The van der Waals surface area contributed by atoms with Crippen LogP contribution >= 0.6 is 0 Å². The largest absolute Gasteiger partial charge is 0.464 e. The third-order valence-corrected chi connectivity index (χ3v) is 2.90. The van der Waals surface area contributed by atoms with E-state index in [1.807, 2.05) is 6.92 Å². The molecule has 2 aromatic heterocycles. The fourth-order valence-corrected chi connectivity index (χ4v) is 1.85. The van der Waals surface area contributed by atoms with Gasteiger partial charge in [0.15, 0.2) is 11.5 Å². The highest BCUT2D eigenvalue weighted by Crippen LogP contribution is 2.16. The Labute approximate surface area is 121 Å². The minimum absolute atomic E-state index is 0.0735. The minimum atomic E-state index is -0.399. The van der Waals surface area contributed by atoms with Gasteiger partial charge in [-0.05, 0) is 18.6 Å². The third kappa shape index (κ3) is 3.28. The molecule has 2 aromatic rings. The standard InChI is InChI=1S/C13H17N5O3/c1-2-3-7-21-10(19)8-18-13-9(5-4-6-15-13)11(16-18)12(14)17-20/h4-6,20H,2-3,7-8H2,1H3,(H2,14,17). The van der Waals surface area contributed by atoms with Crippen LogP contribution in [0.25, 0.3) is 11.0 Å². The summed E-state index contributed by atoms with van der Waals surface area (Å²) in [5.41, 5.74) is 6.34. The molecule has 21 heavy (non-hydrogen) atoms. The maximum Gasteiger partial charge on any atom is 0.327 e. The Morgan fingerprint density at radius 2 is 2.38 bits per heavy atom. The van der Waals surface area contributed by atoms with Gasteiger partial charge in [0, 0.05) is 6.20 Å². The Morgan fingerprint density at radius 1 is 1.57 bits per heavy atom. The number of esters is 1. The Bertz CT molecular complexity index is 665. The molecule has 0 saturated carbocycles. The molecule has 2 rings (SSSR count). The number of pyridine rings is 1. The van der Waals surface area contributed by atoms with Crippen LogP contribution in [0, 0.1) is 0 Å². The highest BCUT2D eigenvalue weighted by molar-refractivity contribution is 6.06. The summed E-state index contributed by atoms with van der Waals surface area (Å²) in [5.74, 6) is -0.532. The van der Waals surface area contributed by atoms with Gasteiger partial charge in [-0.1, -0.05) is 18.5 Å². The van der Waals surface area contributed by atoms with Crippen molar-refractivity contribution in [2.24, 2.45) is 10.9 Å². The van der Waals surface area contributed by atoms with Crippen LogP contribution in [0.3, 0.4) is 0 Å². The van der Waals surface area contributed by atoms with Gasteiger partial charge in [0.2, 0.25) is 0 Å². The van der Waals surface area contributed by atoms with Crippen molar-refractivity contribution in [3.63, 3.8) is 0 Å². The number of carbonyl (C=O) groups excluding carboxylic acids is 1. The molecule has 8 heteroatoms. The molecule has 0 bridgehead atoms. The van der Waals surface area contributed by atoms with Crippen molar-refractivity contribution >= 4 is 22.8 Å². The second-order valence-electron chi connectivity index (χ2n) is 4.44. The van der Waals surface area contributed by atoms with Gasteiger partial charge in [0.25, 0.3) is 0 Å². The number of unbranched alkanes of at least 4 members (excludes halogenated alkanes) is 1. The van der Waals surface area contributed by atoms with E-state index in [2.05, 4.69) is 15.2 Å². The summed E-state index contributed by atoms with van der Waals surface area (Å²) in [6.45, 7) is 2.33. The number of hydrogen-bond donors (Lipinski definition) is 2. The van der Waals surface area contributed by atoms with Crippen molar-refractivity contribution in [2.45, 2.75) is 26.3 Å². The molecule has 2 heterocycles. The van der Waals surface area contributed by atoms with Crippen molar-refractivity contribution in [2.75, 3.05) is 6.61 Å². The number of amidine groups is 1. The summed E-state index contributed by atoms with van der Waals surface area (Å²) in [5, 5.41) is 16.5. The Kier molecular flexibility index (Phi) is 4.70. The summed E-state index contributed by atoms with van der Waals surface area (Å²) < 4.78 is 6.48. The molecule has 0 fully saturated rings. The Balaban J connectivity index is 2.26. The number of aromatic nitrogens is 3. The molecule has 0 radical (unpaired) electrons. The fourth-order valence-electron chi connectivity index (χ4n) is 1.85. The van der Waals surface area contributed by atoms with E-state index < -0.39 is 5.97 Å². The van der Waals surface area contributed by atoms with E-state index in [9.17, 15) is 4.79 Å². The number of oxime groups is 1. The molecule has 0 atom stereocenters. The molecular formula is C13H17N5O3. The zero-order chi connectivity index (χ0) is 15.2. The van der Waals surface area contributed by atoms with Crippen LogP contribution in [-0.4, -0.2) is 38.4 Å². The maximum atomic E-state index is 11.8. The zero-order valence-corrected chi connectivity index (χ0v) is 11.7.